The number of aromatic hydroxyl groups is 1. The highest BCUT2D eigenvalue weighted by Gasteiger charge is 2.19. The SMILES string of the molecule is Oc1c(C(Nc2cccc(Cl)c2)c2ccccc2)ccc2cccnc12. The smallest absolute Gasteiger partial charge is 0.147 e. The van der Waals surface area contributed by atoms with Gasteiger partial charge in [0.15, 0.2) is 0 Å². The van der Waals surface area contributed by atoms with Crippen molar-refractivity contribution in [3.8, 4) is 5.75 Å². The van der Waals surface area contributed by atoms with E-state index in [2.05, 4.69) is 10.3 Å². The zero-order valence-corrected chi connectivity index (χ0v) is 14.7. The van der Waals surface area contributed by atoms with Crippen molar-refractivity contribution >= 4 is 28.2 Å². The molecule has 4 heteroatoms. The van der Waals surface area contributed by atoms with Gasteiger partial charge in [-0.2, -0.15) is 0 Å². The number of nitrogens with zero attached hydrogens (tertiary/aromatic N) is 1. The Morgan fingerprint density at radius 2 is 1.73 bits per heavy atom. The average molecular weight is 361 g/mol. The minimum Gasteiger partial charge on any atom is -0.505 e. The van der Waals surface area contributed by atoms with Crippen molar-refractivity contribution in [3.63, 3.8) is 0 Å². The summed E-state index contributed by atoms with van der Waals surface area (Å²) in [6.45, 7) is 0. The van der Waals surface area contributed by atoms with Gasteiger partial charge in [0.25, 0.3) is 0 Å². The van der Waals surface area contributed by atoms with Gasteiger partial charge >= 0.3 is 0 Å². The van der Waals surface area contributed by atoms with Crippen LogP contribution in [-0.2, 0) is 0 Å². The van der Waals surface area contributed by atoms with E-state index >= 15 is 0 Å². The number of hydrogen-bond donors (Lipinski definition) is 2. The normalized spacial score (nSPS) is 12.0. The third kappa shape index (κ3) is 3.22. The number of hydrogen-bond acceptors (Lipinski definition) is 3. The van der Waals surface area contributed by atoms with E-state index in [1.165, 1.54) is 0 Å². The van der Waals surface area contributed by atoms with Gasteiger partial charge in [-0.1, -0.05) is 66.2 Å². The van der Waals surface area contributed by atoms with E-state index in [0.29, 0.717) is 10.5 Å². The summed E-state index contributed by atoms with van der Waals surface area (Å²) in [4.78, 5) is 4.34. The molecule has 0 aliphatic heterocycles. The van der Waals surface area contributed by atoms with E-state index in [1.807, 2.05) is 78.9 Å². The monoisotopic (exact) mass is 360 g/mol. The topological polar surface area (TPSA) is 45.1 Å². The third-order valence-corrected chi connectivity index (χ3v) is 4.59. The lowest BCUT2D eigenvalue weighted by molar-refractivity contribution is 0.472. The Bertz CT molecular complexity index is 1050. The molecule has 3 aromatic carbocycles. The lowest BCUT2D eigenvalue weighted by Crippen LogP contribution is -2.12. The molecule has 0 bridgehead atoms. The summed E-state index contributed by atoms with van der Waals surface area (Å²) < 4.78 is 0. The minimum atomic E-state index is -0.235. The molecule has 1 heterocycles. The van der Waals surface area contributed by atoms with Gasteiger partial charge in [0, 0.05) is 27.9 Å². The van der Waals surface area contributed by atoms with E-state index in [-0.39, 0.29) is 11.8 Å². The highest BCUT2D eigenvalue weighted by atomic mass is 35.5. The van der Waals surface area contributed by atoms with Gasteiger partial charge in [0.2, 0.25) is 0 Å². The van der Waals surface area contributed by atoms with Gasteiger partial charge in [-0.05, 0) is 29.8 Å². The molecule has 4 aromatic rings. The lowest BCUT2D eigenvalue weighted by Gasteiger charge is -2.22. The van der Waals surface area contributed by atoms with Crippen LogP contribution in [0.25, 0.3) is 10.9 Å². The number of aromatic nitrogens is 1. The Morgan fingerprint density at radius 1 is 0.885 bits per heavy atom. The Balaban J connectivity index is 1.84. The molecular formula is C22H17ClN2O. The standard InChI is InChI=1S/C22H17ClN2O/c23-17-9-4-10-18(14-17)25-20(15-6-2-1-3-7-15)19-12-11-16-8-5-13-24-21(16)22(19)26/h1-14,20,25-26H. The highest BCUT2D eigenvalue weighted by molar-refractivity contribution is 6.30. The molecule has 0 saturated heterocycles. The van der Waals surface area contributed by atoms with Crippen LogP contribution in [0.3, 0.4) is 0 Å². The zero-order chi connectivity index (χ0) is 17.9. The van der Waals surface area contributed by atoms with Crippen LogP contribution < -0.4 is 5.32 Å². The number of pyridine rings is 1. The van der Waals surface area contributed by atoms with Crippen molar-refractivity contribution in [2.24, 2.45) is 0 Å². The quantitative estimate of drug-likeness (QED) is 0.483. The van der Waals surface area contributed by atoms with Crippen molar-refractivity contribution in [1.29, 1.82) is 0 Å². The van der Waals surface area contributed by atoms with Crippen molar-refractivity contribution in [1.82, 2.24) is 4.98 Å². The molecule has 4 rings (SSSR count). The van der Waals surface area contributed by atoms with Gasteiger partial charge < -0.3 is 10.4 Å². The summed E-state index contributed by atoms with van der Waals surface area (Å²) >= 11 is 6.13. The Hall–Kier alpha value is -3.04. The number of rotatable bonds is 4. The van der Waals surface area contributed by atoms with E-state index in [9.17, 15) is 5.11 Å². The second-order valence-corrected chi connectivity index (χ2v) is 6.51. The fourth-order valence-electron chi connectivity index (χ4n) is 3.11. The minimum absolute atomic E-state index is 0.187. The highest BCUT2D eigenvalue weighted by Crippen LogP contribution is 2.36. The molecule has 0 aliphatic rings. The number of fused-ring (bicyclic) bond motifs is 1. The predicted molar refractivity (Wildman–Crippen MR) is 107 cm³/mol. The summed E-state index contributed by atoms with van der Waals surface area (Å²) in [6.07, 6.45) is 1.69. The van der Waals surface area contributed by atoms with Gasteiger partial charge in [-0.25, -0.2) is 0 Å². The second-order valence-electron chi connectivity index (χ2n) is 6.08. The predicted octanol–water partition coefficient (Wildman–Crippen LogP) is 5.80. The molecule has 1 atom stereocenters. The van der Waals surface area contributed by atoms with Gasteiger partial charge in [0.1, 0.15) is 11.3 Å². The first-order chi connectivity index (χ1) is 12.7. The van der Waals surface area contributed by atoms with E-state index in [0.717, 1.165) is 22.2 Å². The Kier molecular flexibility index (Phi) is 4.46. The number of anilines is 1. The van der Waals surface area contributed by atoms with Crippen LogP contribution >= 0.6 is 11.6 Å². The Morgan fingerprint density at radius 3 is 2.54 bits per heavy atom. The van der Waals surface area contributed by atoms with Crippen LogP contribution in [0.2, 0.25) is 5.02 Å². The fraction of sp³-hybridized carbons (Fsp3) is 0.0455. The number of nitrogens with one attached hydrogen (secondary N) is 1. The molecule has 0 amide bonds. The molecule has 3 nitrogen and oxygen atoms in total. The molecule has 26 heavy (non-hydrogen) atoms. The molecule has 0 spiro atoms. The third-order valence-electron chi connectivity index (χ3n) is 4.36. The molecule has 1 aromatic heterocycles. The summed E-state index contributed by atoms with van der Waals surface area (Å²) in [5.41, 5.74) is 3.28. The first kappa shape index (κ1) is 16.4. The van der Waals surface area contributed by atoms with Crippen molar-refractivity contribution in [2.45, 2.75) is 6.04 Å². The maximum absolute atomic E-state index is 10.9. The summed E-state index contributed by atoms with van der Waals surface area (Å²) in [5, 5.41) is 15.9. The largest absolute Gasteiger partial charge is 0.505 e. The van der Waals surface area contributed by atoms with E-state index in [4.69, 9.17) is 11.6 Å². The number of phenols is 1. The molecule has 2 N–H and O–H groups in total. The first-order valence-electron chi connectivity index (χ1n) is 8.36. The van der Waals surface area contributed by atoms with Crippen LogP contribution in [0.15, 0.2) is 85.1 Å². The average Bonchev–Trinajstić information content (AvgIpc) is 2.68. The second kappa shape index (κ2) is 7.06. The van der Waals surface area contributed by atoms with Crippen LogP contribution in [0.1, 0.15) is 17.2 Å². The van der Waals surface area contributed by atoms with Gasteiger partial charge in [-0.15, -0.1) is 0 Å². The van der Waals surface area contributed by atoms with Gasteiger partial charge in [0.05, 0.1) is 6.04 Å². The van der Waals surface area contributed by atoms with Crippen molar-refractivity contribution in [2.75, 3.05) is 5.32 Å². The molecule has 0 saturated carbocycles. The Labute approximate surface area is 156 Å². The molecule has 128 valence electrons. The first-order valence-corrected chi connectivity index (χ1v) is 8.74. The molecular weight excluding hydrogens is 344 g/mol. The summed E-state index contributed by atoms with van der Waals surface area (Å²) in [5.74, 6) is 0.187. The van der Waals surface area contributed by atoms with Crippen LogP contribution in [0.5, 0.6) is 5.75 Å². The van der Waals surface area contributed by atoms with E-state index in [1.54, 1.807) is 6.20 Å². The van der Waals surface area contributed by atoms with Crippen LogP contribution in [0.4, 0.5) is 5.69 Å². The summed E-state index contributed by atoms with van der Waals surface area (Å²) in [7, 11) is 0. The van der Waals surface area contributed by atoms with Gasteiger partial charge in [-0.3, -0.25) is 4.98 Å². The number of phenolic OH excluding ortho intramolecular Hbond substituents is 1. The number of halogens is 1. The maximum Gasteiger partial charge on any atom is 0.147 e. The summed E-state index contributed by atoms with van der Waals surface area (Å²) in [6, 6.07) is 25.0. The van der Waals surface area contributed by atoms with Crippen LogP contribution in [-0.4, -0.2) is 10.1 Å². The molecule has 0 radical (unpaired) electrons. The molecule has 0 aliphatic carbocycles. The fourth-order valence-corrected chi connectivity index (χ4v) is 3.30. The van der Waals surface area contributed by atoms with Crippen molar-refractivity contribution in [3.05, 3.63) is 101 Å². The van der Waals surface area contributed by atoms with E-state index < -0.39 is 0 Å². The molecule has 0 fully saturated rings. The lowest BCUT2D eigenvalue weighted by atomic mass is 9.96. The van der Waals surface area contributed by atoms with Crippen LogP contribution in [0, 0.1) is 0 Å². The van der Waals surface area contributed by atoms with Crippen molar-refractivity contribution < 1.29 is 5.11 Å². The number of benzene rings is 3. The molecule has 1 unspecified atom stereocenters. The maximum atomic E-state index is 10.9. The zero-order valence-electron chi connectivity index (χ0n) is 13.9.